The summed E-state index contributed by atoms with van der Waals surface area (Å²) in [6, 6.07) is 3.53. The van der Waals surface area contributed by atoms with E-state index in [1.54, 1.807) is 31.6 Å². The quantitative estimate of drug-likeness (QED) is 0.834. The van der Waals surface area contributed by atoms with E-state index in [1.807, 2.05) is 4.90 Å². The third-order valence-electron chi connectivity index (χ3n) is 4.70. The molecular formula is C16H22N2O3. The summed E-state index contributed by atoms with van der Waals surface area (Å²) < 4.78 is 11.7. The number of aromatic nitrogens is 1. The van der Waals surface area contributed by atoms with Gasteiger partial charge in [0.2, 0.25) is 0 Å². The monoisotopic (exact) mass is 290 g/mol. The molecule has 2 saturated heterocycles. The second kappa shape index (κ2) is 6.12. The zero-order valence-corrected chi connectivity index (χ0v) is 12.5. The molecule has 1 amide bonds. The number of piperidine rings is 1. The van der Waals surface area contributed by atoms with Crippen LogP contribution in [0.5, 0.6) is 0 Å². The summed E-state index contributed by atoms with van der Waals surface area (Å²) in [5, 5.41) is 0. The molecule has 1 aromatic heterocycles. The van der Waals surface area contributed by atoms with E-state index in [9.17, 15) is 4.79 Å². The van der Waals surface area contributed by atoms with E-state index >= 15 is 0 Å². The average Bonchev–Trinajstić information content (AvgIpc) is 2.56. The molecule has 5 heteroatoms. The van der Waals surface area contributed by atoms with Crippen LogP contribution in [0.1, 0.15) is 36.0 Å². The maximum Gasteiger partial charge on any atom is 0.253 e. The predicted octanol–water partition coefficient (Wildman–Crippen LogP) is 1.88. The minimum Gasteiger partial charge on any atom is -0.378 e. The molecule has 1 aromatic rings. The average molecular weight is 290 g/mol. The van der Waals surface area contributed by atoms with Gasteiger partial charge in [-0.15, -0.1) is 0 Å². The lowest BCUT2D eigenvalue weighted by atomic mass is 9.81. The van der Waals surface area contributed by atoms with Crippen LogP contribution in [-0.4, -0.2) is 54.3 Å². The van der Waals surface area contributed by atoms with Gasteiger partial charge in [-0.05, 0) is 37.8 Å². The Balaban J connectivity index is 1.66. The summed E-state index contributed by atoms with van der Waals surface area (Å²) in [6.07, 6.45) is 7.28. The number of nitrogens with zero attached hydrogens (tertiary/aromatic N) is 2. The summed E-state index contributed by atoms with van der Waals surface area (Å²) >= 11 is 0. The summed E-state index contributed by atoms with van der Waals surface area (Å²) in [7, 11) is 1.76. The maximum absolute atomic E-state index is 12.4. The van der Waals surface area contributed by atoms with Gasteiger partial charge in [0.25, 0.3) is 5.91 Å². The van der Waals surface area contributed by atoms with Gasteiger partial charge < -0.3 is 14.4 Å². The van der Waals surface area contributed by atoms with Crippen LogP contribution in [0.2, 0.25) is 0 Å². The molecule has 114 valence electrons. The highest BCUT2D eigenvalue weighted by atomic mass is 16.5. The lowest BCUT2D eigenvalue weighted by Gasteiger charge is -2.48. The van der Waals surface area contributed by atoms with Crippen molar-refractivity contribution in [1.29, 1.82) is 0 Å². The van der Waals surface area contributed by atoms with Crippen molar-refractivity contribution in [2.24, 2.45) is 0 Å². The Labute approximate surface area is 125 Å². The molecule has 0 aliphatic carbocycles. The molecule has 2 aliphatic rings. The molecule has 0 saturated carbocycles. The molecule has 3 rings (SSSR count). The second-order valence-corrected chi connectivity index (χ2v) is 5.81. The maximum atomic E-state index is 12.4. The molecule has 0 radical (unpaired) electrons. The first kappa shape index (κ1) is 14.5. The Hall–Kier alpha value is -1.46. The van der Waals surface area contributed by atoms with E-state index in [4.69, 9.17) is 9.47 Å². The Morgan fingerprint density at radius 3 is 2.76 bits per heavy atom. The van der Waals surface area contributed by atoms with Crippen LogP contribution in [0.3, 0.4) is 0 Å². The van der Waals surface area contributed by atoms with Gasteiger partial charge in [-0.2, -0.15) is 0 Å². The molecule has 1 spiro atoms. The topological polar surface area (TPSA) is 51.7 Å². The van der Waals surface area contributed by atoms with Crippen LogP contribution in [-0.2, 0) is 9.47 Å². The van der Waals surface area contributed by atoms with Crippen molar-refractivity contribution in [3.63, 3.8) is 0 Å². The molecule has 0 bridgehead atoms. The first-order valence-electron chi connectivity index (χ1n) is 7.61. The van der Waals surface area contributed by atoms with Crippen molar-refractivity contribution in [2.75, 3.05) is 26.8 Å². The van der Waals surface area contributed by atoms with E-state index in [0.29, 0.717) is 5.56 Å². The number of rotatable bonds is 2. The van der Waals surface area contributed by atoms with E-state index in [-0.39, 0.29) is 17.6 Å². The molecule has 5 nitrogen and oxygen atoms in total. The van der Waals surface area contributed by atoms with Gasteiger partial charge in [-0.1, -0.05) is 0 Å². The third kappa shape index (κ3) is 2.80. The van der Waals surface area contributed by atoms with Crippen molar-refractivity contribution < 1.29 is 14.3 Å². The number of hydrogen-bond acceptors (Lipinski definition) is 4. The molecule has 0 aromatic carbocycles. The first-order valence-corrected chi connectivity index (χ1v) is 7.61. The number of pyridine rings is 1. The van der Waals surface area contributed by atoms with Crippen LogP contribution < -0.4 is 0 Å². The van der Waals surface area contributed by atoms with Gasteiger partial charge in [0, 0.05) is 44.8 Å². The van der Waals surface area contributed by atoms with Crippen molar-refractivity contribution in [3.05, 3.63) is 30.1 Å². The number of hydrogen-bond donors (Lipinski definition) is 0. The van der Waals surface area contributed by atoms with Gasteiger partial charge in [0.15, 0.2) is 0 Å². The summed E-state index contributed by atoms with van der Waals surface area (Å²) in [4.78, 5) is 18.3. The van der Waals surface area contributed by atoms with E-state index in [0.717, 1.165) is 45.4 Å². The molecule has 3 heterocycles. The van der Waals surface area contributed by atoms with E-state index < -0.39 is 0 Å². The highest BCUT2D eigenvalue weighted by Crippen LogP contribution is 2.37. The lowest BCUT2D eigenvalue weighted by Crippen LogP contribution is -2.56. The first-order chi connectivity index (χ1) is 10.2. The van der Waals surface area contributed by atoms with Crippen molar-refractivity contribution in [1.82, 2.24) is 9.88 Å². The second-order valence-electron chi connectivity index (χ2n) is 5.81. The Morgan fingerprint density at radius 2 is 2.10 bits per heavy atom. The zero-order valence-electron chi connectivity index (χ0n) is 12.5. The normalized spacial score (nSPS) is 25.0. The number of likely N-dealkylation sites (tertiary alicyclic amines) is 1. The summed E-state index contributed by atoms with van der Waals surface area (Å²) in [5.41, 5.74) is 0.510. The SMILES string of the molecule is CO[C@@H]1CCCOC12CCN(C(=O)c1ccncc1)CC2. The lowest BCUT2D eigenvalue weighted by molar-refractivity contribution is -0.183. The largest absolute Gasteiger partial charge is 0.378 e. The number of methoxy groups -OCH3 is 1. The molecule has 2 fully saturated rings. The molecule has 21 heavy (non-hydrogen) atoms. The summed E-state index contributed by atoms with van der Waals surface area (Å²) in [5.74, 6) is 0.0806. The fourth-order valence-electron chi connectivity index (χ4n) is 3.46. The van der Waals surface area contributed by atoms with Crippen molar-refractivity contribution in [2.45, 2.75) is 37.4 Å². The number of carbonyl (C=O) groups is 1. The third-order valence-corrected chi connectivity index (χ3v) is 4.70. The highest BCUT2D eigenvalue weighted by molar-refractivity contribution is 5.94. The Bertz CT molecular complexity index is 484. The van der Waals surface area contributed by atoms with Gasteiger partial charge in [0.05, 0.1) is 11.7 Å². The Kier molecular flexibility index (Phi) is 4.22. The van der Waals surface area contributed by atoms with Gasteiger partial charge in [-0.25, -0.2) is 0 Å². The molecule has 1 atom stereocenters. The van der Waals surface area contributed by atoms with Crippen LogP contribution in [0, 0.1) is 0 Å². The number of carbonyl (C=O) groups excluding carboxylic acids is 1. The van der Waals surface area contributed by atoms with E-state index in [1.165, 1.54) is 0 Å². The van der Waals surface area contributed by atoms with Crippen LogP contribution >= 0.6 is 0 Å². The smallest absolute Gasteiger partial charge is 0.253 e. The van der Waals surface area contributed by atoms with Gasteiger partial charge in [-0.3, -0.25) is 9.78 Å². The van der Waals surface area contributed by atoms with Crippen LogP contribution in [0.4, 0.5) is 0 Å². The predicted molar refractivity (Wildman–Crippen MR) is 78.1 cm³/mol. The van der Waals surface area contributed by atoms with Crippen molar-refractivity contribution >= 4 is 5.91 Å². The number of amides is 1. The number of ether oxygens (including phenoxy) is 2. The minimum atomic E-state index is -0.192. The van der Waals surface area contributed by atoms with Crippen LogP contribution in [0.25, 0.3) is 0 Å². The molecular weight excluding hydrogens is 268 g/mol. The fourth-order valence-corrected chi connectivity index (χ4v) is 3.46. The molecule has 0 unspecified atom stereocenters. The van der Waals surface area contributed by atoms with Gasteiger partial charge >= 0.3 is 0 Å². The molecule has 0 N–H and O–H groups in total. The minimum absolute atomic E-state index is 0.0806. The van der Waals surface area contributed by atoms with Crippen LogP contribution in [0.15, 0.2) is 24.5 Å². The van der Waals surface area contributed by atoms with Crippen molar-refractivity contribution in [3.8, 4) is 0 Å². The fraction of sp³-hybridized carbons (Fsp3) is 0.625. The highest BCUT2D eigenvalue weighted by Gasteiger charge is 2.45. The summed E-state index contributed by atoms with van der Waals surface area (Å²) in [6.45, 7) is 2.25. The van der Waals surface area contributed by atoms with Gasteiger partial charge in [0.1, 0.15) is 0 Å². The zero-order chi connectivity index (χ0) is 14.7. The molecule has 2 aliphatic heterocycles. The Morgan fingerprint density at radius 1 is 1.38 bits per heavy atom. The standard InChI is InChI=1S/C16H22N2O3/c1-20-14-3-2-12-21-16(14)6-10-18(11-7-16)15(19)13-4-8-17-9-5-13/h4-5,8-9,14H,2-3,6-7,10-12H2,1H3/t14-/m1/s1. The van der Waals surface area contributed by atoms with E-state index in [2.05, 4.69) is 4.98 Å².